The van der Waals surface area contributed by atoms with Gasteiger partial charge in [0.15, 0.2) is 0 Å². The van der Waals surface area contributed by atoms with Gasteiger partial charge in [0, 0.05) is 45.8 Å². The molecule has 0 unspecified atom stereocenters. The third-order valence-electron chi connectivity index (χ3n) is 15.4. The molecule has 0 saturated carbocycles. The Labute approximate surface area is 402 Å². The van der Waals surface area contributed by atoms with E-state index in [1.54, 1.807) is 0 Å². The minimum Gasteiger partial charge on any atom is -0.309 e. The number of nitrogens with zero attached hydrogens (tertiary/aromatic N) is 4. The highest BCUT2D eigenvalue weighted by atomic mass is 15.0. The summed E-state index contributed by atoms with van der Waals surface area (Å²) < 4.78 is 4.73. The van der Waals surface area contributed by atoms with Crippen molar-refractivity contribution in [2.45, 2.75) is 0 Å². The zero-order chi connectivity index (χ0) is 45.6. The monoisotopic (exact) mass is 886 g/mol. The van der Waals surface area contributed by atoms with Crippen LogP contribution in [0.3, 0.4) is 0 Å². The topological polar surface area (TPSA) is 35.6 Å². The lowest BCUT2D eigenvalue weighted by Crippen LogP contribution is -1.94. The maximum absolute atomic E-state index is 4.45. The van der Waals surface area contributed by atoms with Gasteiger partial charge in [-0.05, 0) is 172 Å². The van der Waals surface area contributed by atoms with Crippen molar-refractivity contribution in [3.8, 4) is 89.3 Å². The van der Waals surface area contributed by atoms with Gasteiger partial charge >= 0.3 is 0 Å². The molecule has 0 radical (unpaired) electrons. The first-order chi connectivity index (χ1) is 34.7. The van der Waals surface area contributed by atoms with Crippen LogP contribution in [0.2, 0.25) is 0 Å². The van der Waals surface area contributed by atoms with Gasteiger partial charge in [0.1, 0.15) is 0 Å². The standard InChI is InChI=1S/C66H38N4/c1-2-15-61-50(10-1)59-35-42(20-27-63(59)70(61)46-9-6-30-68-38-46)41-17-22-49-54-14-5-13-52-47(24-25-56(66(52)54)58(49)34-41)44-18-23-51-60-36-43(19-26-62(60)69(64(51)37-44)45-28-31-67-32-29-45)40-16-21-48-53-11-3-7-39-8-4-12-55(65(39)53)57(48)33-40/h1-38H. The molecule has 2 aliphatic carbocycles. The van der Waals surface area contributed by atoms with Gasteiger partial charge in [0.25, 0.3) is 0 Å². The first-order valence-electron chi connectivity index (χ1n) is 24.0. The molecular weight excluding hydrogens is 849 g/mol. The zero-order valence-corrected chi connectivity index (χ0v) is 37.7. The number of aromatic nitrogens is 4. The van der Waals surface area contributed by atoms with E-state index >= 15 is 0 Å². The highest BCUT2D eigenvalue weighted by Crippen LogP contribution is 2.52. The van der Waals surface area contributed by atoms with Gasteiger partial charge in [0.2, 0.25) is 0 Å². The van der Waals surface area contributed by atoms with E-state index in [1.165, 1.54) is 143 Å². The highest BCUT2D eigenvalue weighted by Gasteiger charge is 2.26. The normalized spacial score (nSPS) is 12.3. The molecule has 14 aromatic rings. The predicted molar refractivity (Wildman–Crippen MR) is 291 cm³/mol. The van der Waals surface area contributed by atoms with E-state index < -0.39 is 0 Å². The summed E-state index contributed by atoms with van der Waals surface area (Å²) in [6.07, 6.45) is 7.55. The van der Waals surface area contributed by atoms with Crippen molar-refractivity contribution in [3.63, 3.8) is 0 Å². The van der Waals surface area contributed by atoms with Crippen LogP contribution in [0, 0.1) is 0 Å². The van der Waals surface area contributed by atoms with Gasteiger partial charge in [-0.3, -0.25) is 9.97 Å². The Morgan fingerprint density at radius 3 is 1.51 bits per heavy atom. The van der Waals surface area contributed by atoms with Gasteiger partial charge in [-0.2, -0.15) is 0 Å². The zero-order valence-electron chi connectivity index (χ0n) is 37.7. The Bertz CT molecular complexity index is 4570. The van der Waals surface area contributed by atoms with Crippen LogP contribution in [0.5, 0.6) is 0 Å². The lowest BCUT2D eigenvalue weighted by atomic mass is 9.93. The molecule has 0 N–H and O–H groups in total. The Morgan fingerprint density at radius 2 is 0.800 bits per heavy atom. The second-order valence-electron chi connectivity index (χ2n) is 18.9. The van der Waals surface area contributed by atoms with E-state index in [9.17, 15) is 0 Å². The van der Waals surface area contributed by atoms with Crippen LogP contribution in [0.25, 0.3) is 154 Å². The molecule has 0 bridgehead atoms. The first kappa shape index (κ1) is 37.7. The minimum atomic E-state index is 1.06. The van der Waals surface area contributed by atoms with Crippen molar-refractivity contribution in [1.82, 2.24) is 19.1 Å². The van der Waals surface area contributed by atoms with Crippen LogP contribution >= 0.6 is 0 Å². The summed E-state index contributed by atoms with van der Waals surface area (Å²) in [5, 5.41) is 10.1. The highest BCUT2D eigenvalue weighted by molar-refractivity contribution is 6.21. The van der Waals surface area contributed by atoms with Crippen molar-refractivity contribution >= 4 is 65.2 Å². The fourth-order valence-corrected chi connectivity index (χ4v) is 12.3. The fourth-order valence-electron chi connectivity index (χ4n) is 12.3. The summed E-state index contributed by atoms with van der Waals surface area (Å²) in [6.45, 7) is 0. The van der Waals surface area contributed by atoms with Gasteiger partial charge in [-0.25, -0.2) is 0 Å². The maximum atomic E-state index is 4.45. The Kier molecular flexibility index (Phi) is 7.58. The molecule has 4 aromatic heterocycles. The Morgan fingerprint density at radius 1 is 0.257 bits per heavy atom. The third kappa shape index (κ3) is 5.19. The number of benzene rings is 10. The average molecular weight is 887 g/mol. The van der Waals surface area contributed by atoms with Gasteiger partial charge in [-0.1, -0.05) is 133 Å². The Balaban J connectivity index is 0.811. The fraction of sp³-hybridized carbons (Fsp3) is 0. The van der Waals surface area contributed by atoms with E-state index in [4.69, 9.17) is 0 Å². The van der Waals surface area contributed by atoms with E-state index in [1.807, 2.05) is 30.9 Å². The summed E-state index contributed by atoms with van der Waals surface area (Å²) in [5.74, 6) is 0. The lowest BCUT2D eigenvalue weighted by Gasteiger charge is -2.12. The molecule has 322 valence electrons. The number of pyridine rings is 2. The van der Waals surface area contributed by atoms with Gasteiger partial charge in [-0.15, -0.1) is 0 Å². The summed E-state index contributed by atoms with van der Waals surface area (Å²) in [4.78, 5) is 8.85. The summed E-state index contributed by atoms with van der Waals surface area (Å²) in [7, 11) is 0. The Hall–Kier alpha value is -9.38. The summed E-state index contributed by atoms with van der Waals surface area (Å²) >= 11 is 0. The first-order valence-corrected chi connectivity index (χ1v) is 24.0. The van der Waals surface area contributed by atoms with Crippen LogP contribution in [-0.4, -0.2) is 19.1 Å². The largest absolute Gasteiger partial charge is 0.309 e. The average Bonchev–Trinajstić information content (AvgIpc) is 4.15. The molecule has 0 fully saturated rings. The van der Waals surface area contributed by atoms with E-state index in [2.05, 4.69) is 219 Å². The smallest absolute Gasteiger partial charge is 0.0645 e. The summed E-state index contributed by atoms with van der Waals surface area (Å²) in [6, 6.07) is 76.9. The molecule has 4 heterocycles. The molecule has 0 aliphatic heterocycles. The molecule has 0 amide bonds. The number of hydrogen-bond acceptors (Lipinski definition) is 2. The van der Waals surface area contributed by atoms with E-state index in [-0.39, 0.29) is 0 Å². The number of fused-ring (bicyclic) bond motifs is 12. The molecule has 2 aliphatic rings. The molecule has 0 spiro atoms. The second kappa shape index (κ2) is 14.1. The van der Waals surface area contributed by atoms with Crippen molar-refractivity contribution in [2.75, 3.05) is 0 Å². The molecule has 70 heavy (non-hydrogen) atoms. The van der Waals surface area contributed by atoms with Crippen LogP contribution < -0.4 is 0 Å². The number of para-hydroxylation sites is 1. The van der Waals surface area contributed by atoms with Gasteiger partial charge < -0.3 is 9.13 Å². The molecule has 4 heteroatoms. The van der Waals surface area contributed by atoms with Gasteiger partial charge in [0.05, 0.1) is 34.0 Å². The van der Waals surface area contributed by atoms with Crippen LogP contribution in [-0.2, 0) is 0 Å². The van der Waals surface area contributed by atoms with Crippen molar-refractivity contribution < 1.29 is 0 Å². The molecule has 10 aromatic carbocycles. The van der Waals surface area contributed by atoms with Crippen molar-refractivity contribution in [2.24, 2.45) is 0 Å². The van der Waals surface area contributed by atoms with E-state index in [0.717, 1.165) is 11.4 Å². The molecular formula is C66H38N4. The van der Waals surface area contributed by atoms with Crippen molar-refractivity contribution in [1.29, 1.82) is 0 Å². The van der Waals surface area contributed by atoms with Crippen molar-refractivity contribution in [3.05, 3.63) is 231 Å². The lowest BCUT2D eigenvalue weighted by molar-refractivity contribution is 1.14. The molecule has 0 atom stereocenters. The molecule has 16 rings (SSSR count). The second-order valence-corrected chi connectivity index (χ2v) is 18.9. The number of hydrogen-bond donors (Lipinski definition) is 0. The summed E-state index contributed by atoms with van der Waals surface area (Å²) in [5.41, 5.74) is 24.5. The number of rotatable bonds is 5. The van der Waals surface area contributed by atoms with Crippen LogP contribution in [0.1, 0.15) is 0 Å². The van der Waals surface area contributed by atoms with Crippen LogP contribution in [0.4, 0.5) is 0 Å². The minimum absolute atomic E-state index is 1.06. The van der Waals surface area contributed by atoms with Crippen LogP contribution in [0.15, 0.2) is 231 Å². The molecule has 4 nitrogen and oxygen atoms in total. The third-order valence-corrected chi connectivity index (χ3v) is 15.4. The van der Waals surface area contributed by atoms with E-state index in [0.29, 0.717) is 0 Å². The predicted octanol–water partition coefficient (Wildman–Crippen LogP) is 17.3. The SMILES string of the molecule is c1cncc(-n2c3ccccc3c3cc(-c4ccc5c(c4)-c4ccc(-c6ccc7c8cc(-c9ccc%10c(c9)-c9cccc%11cccc-%10c9%11)ccc8n(-c8ccncc8)c7c6)c6cccc-5c46)ccc32)c1. The maximum Gasteiger partial charge on any atom is 0.0645 e. The quantitative estimate of drug-likeness (QED) is 0.173. The molecule has 0 saturated heterocycles.